The highest BCUT2D eigenvalue weighted by atomic mass is 16.5. The summed E-state index contributed by atoms with van der Waals surface area (Å²) in [6.07, 6.45) is 6.17. The SMILES string of the molecule is COc1ccc2nc(C3(c4ccccc4)CCN(c4noc(C5CC5)n4)CC3)cn2n1.O=CO. The molecule has 0 radical (unpaired) electrons. The van der Waals surface area contributed by atoms with Gasteiger partial charge in [-0.2, -0.15) is 4.98 Å². The van der Waals surface area contributed by atoms with Crippen molar-refractivity contribution in [3.8, 4) is 5.88 Å². The molecule has 6 rings (SSSR count). The topological polar surface area (TPSA) is 119 Å². The Kier molecular flexibility index (Phi) is 5.87. The molecule has 4 heterocycles. The zero-order chi connectivity index (χ0) is 23.5. The molecule has 1 saturated heterocycles. The Morgan fingerprint density at radius 2 is 1.85 bits per heavy atom. The largest absolute Gasteiger partial charge is 0.483 e. The molecule has 1 aromatic carbocycles. The van der Waals surface area contributed by atoms with Crippen molar-refractivity contribution in [2.24, 2.45) is 0 Å². The summed E-state index contributed by atoms with van der Waals surface area (Å²) < 4.78 is 12.6. The highest BCUT2D eigenvalue weighted by Gasteiger charge is 2.41. The smallest absolute Gasteiger partial charge is 0.290 e. The lowest BCUT2D eigenvalue weighted by atomic mass is 9.70. The normalized spacial score (nSPS) is 17.1. The van der Waals surface area contributed by atoms with Gasteiger partial charge in [0.2, 0.25) is 11.8 Å². The van der Waals surface area contributed by atoms with Crippen molar-refractivity contribution in [1.29, 1.82) is 0 Å². The number of carbonyl (C=O) groups is 1. The Morgan fingerprint density at radius 1 is 1.12 bits per heavy atom. The first-order valence-corrected chi connectivity index (χ1v) is 11.3. The van der Waals surface area contributed by atoms with Crippen molar-refractivity contribution in [3.63, 3.8) is 0 Å². The maximum absolute atomic E-state index is 8.36. The van der Waals surface area contributed by atoms with E-state index < -0.39 is 0 Å². The van der Waals surface area contributed by atoms with Crippen LogP contribution in [-0.4, -0.2) is 56.5 Å². The van der Waals surface area contributed by atoms with Gasteiger partial charge in [-0.3, -0.25) is 4.79 Å². The van der Waals surface area contributed by atoms with E-state index in [9.17, 15) is 0 Å². The summed E-state index contributed by atoms with van der Waals surface area (Å²) in [6.45, 7) is 1.42. The second-order valence-electron chi connectivity index (χ2n) is 8.55. The molecule has 1 aliphatic carbocycles. The van der Waals surface area contributed by atoms with E-state index in [-0.39, 0.29) is 11.9 Å². The molecule has 3 aromatic heterocycles. The van der Waals surface area contributed by atoms with E-state index in [1.807, 2.05) is 22.8 Å². The number of ether oxygens (including phenoxy) is 1. The van der Waals surface area contributed by atoms with Gasteiger partial charge in [0.05, 0.1) is 19.0 Å². The molecule has 4 aromatic rings. The molecule has 10 nitrogen and oxygen atoms in total. The van der Waals surface area contributed by atoms with Crippen LogP contribution in [0.15, 0.2) is 53.2 Å². The standard InChI is InChI=1S/C23H24N6O2.CH2O2/c1-30-20-10-9-19-24-18(15-29(19)26-20)23(17-5-3-2-4-6-17)11-13-28(14-12-23)22-25-21(31-27-22)16-7-8-16;2-1-3/h2-6,9-10,15-16H,7-8,11-14H2,1H3;1H,(H,2,3). The third-order valence-corrected chi connectivity index (χ3v) is 6.58. The van der Waals surface area contributed by atoms with Gasteiger partial charge in [0.15, 0.2) is 5.65 Å². The first-order valence-electron chi connectivity index (χ1n) is 11.3. The summed E-state index contributed by atoms with van der Waals surface area (Å²) in [6, 6.07) is 14.4. The molecule has 34 heavy (non-hydrogen) atoms. The maximum atomic E-state index is 8.36. The predicted molar refractivity (Wildman–Crippen MR) is 123 cm³/mol. The zero-order valence-corrected chi connectivity index (χ0v) is 18.9. The van der Waals surface area contributed by atoms with Gasteiger partial charge in [-0.05, 0) is 42.5 Å². The summed E-state index contributed by atoms with van der Waals surface area (Å²) in [5.41, 5.74) is 2.94. The highest BCUT2D eigenvalue weighted by Crippen LogP contribution is 2.43. The number of piperidine rings is 1. The number of carboxylic acid groups (broad SMARTS) is 1. The van der Waals surface area contributed by atoms with Crippen LogP contribution in [-0.2, 0) is 10.2 Å². The number of rotatable bonds is 5. The van der Waals surface area contributed by atoms with Crippen LogP contribution < -0.4 is 9.64 Å². The van der Waals surface area contributed by atoms with E-state index >= 15 is 0 Å². The summed E-state index contributed by atoms with van der Waals surface area (Å²) in [5, 5.41) is 15.6. The van der Waals surface area contributed by atoms with Crippen LogP contribution >= 0.6 is 0 Å². The van der Waals surface area contributed by atoms with Gasteiger partial charge in [-0.25, -0.2) is 9.50 Å². The van der Waals surface area contributed by atoms with Crippen LogP contribution in [0.4, 0.5) is 5.95 Å². The second kappa shape index (κ2) is 9.12. The molecule has 1 saturated carbocycles. The van der Waals surface area contributed by atoms with Crippen LogP contribution in [0, 0.1) is 0 Å². The maximum Gasteiger partial charge on any atom is 0.290 e. The average Bonchev–Trinajstić information content (AvgIpc) is 3.45. The number of nitrogens with zero attached hydrogens (tertiary/aromatic N) is 6. The van der Waals surface area contributed by atoms with Crippen LogP contribution in [0.3, 0.4) is 0 Å². The minimum atomic E-state index is -0.250. The predicted octanol–water partition coefficient (Wildman–Crippen LogP) is 3.29. The van der Waals surface area contributed by atoms with E-state index in [2.05, 4.69) is 50.5 Å². The molecule has 0 unspecified atom stereocenters. The van der Waals surface area contributed by atoms with E-state index in [0.29, 0.717) is 17.7 Å². The van der Waals surface area contributed by atoms with Crippen LogP contribution in [0.1, 0.15) is 48.7 Å². The molecule has 0 atom stereocenters. The molecule has 0 spiro atoms. The number of hydrogen-bond acceptors (Lipinski definition) is 8. The minimum Gasteiger partial charge on any atom is -0.483 e. The summed E-state index contributed by atoms with van der Waals surface area (Å²) in [7, 11) is 1.62. The molecule has 10 heteroatoms. The molecule has 2 fully saturated rings. The lowest BCUT2D eigenvalue weighted by Crippen LogP contribution is -2.44. The van der Waals surface area contributed by atoms with Gasteiger partial charge in [-0.1, -0.05) is 30.3 Å². The second-order valence-corrected chi connectivity index (χ2v) is 8.55. The molecule has 1 N–H and O–H groups in total. The van der Waals surface area contributed by atoms with Gasteiger partial charge >= 0.3 is 0 Å². The number of aromatic nitrogens is 5. The van der Waals surface area contributed by atoms with Crippen molar-refractivity contribution in [2.45, 2.75) is 37.0 Å². The van der Waals surface area contributed by atoms with Gasteiger partial charge in [0.25, 0.3) is 12.4 Å². The van der Waals surface area contributed by atoms with Crippen molar-refractivity contribution < 1.29 is 19.2 Å². The van der Waals surface area contributed by atoms with E-state index in [4.69, 9.17) is 24.1 Å². The fraction of sp³-hybridized carbons (Fsp3) is 0.375. The van der Waals surface area contributed by atoms with Crippen LogP contribution in [0.2, 0.25) is 0 Å². The molecule has 0 bridgehead atoms. The summed E-state index contributed by atoms with van der Waals surface area (Å²) in [4.78, 5) is 20.2. The van der Waals surface area contributed by atoms with Crippen molar-refractivity contribution >= 4 is 18.1 Å². The molecule has 2 aliphatic rings. The molecule has 0 amide bonds. The van der Waals surface area contributed by atoms with Crippen LogP contribution in [0.5, 0.6) is 5.88 Å². The summed E-state index contributed by atoms with van der Waals surface area (Å²) in [5.74, 6) is 2.54. The minimum absolute atomic E-state index is 0.193. The van der Waals surface area contributed by atoms with Crippen molar-refractivity contribution in [2.75, 3.05) is 25.1 Å². The Hall–Kier alpha value is -3.95. The Labute approximate surface area is 196 Å². The Balaban J connectivity index is 0.000000764. The lowest BCUT2D eigenvalue weighted by Gasteiger charge is -2.40. The van der Waals surface area contributed by atoms with Crippen LogP contribution in [0.25, 0.3) is 5.65 Å². The van der Waals surface area contributed by atoms with Gasteiger partial charge < -0.3 is 19.3 Å². The van der Waals surface area contributed by atoms with E-state index in [0.717, 1.165) is 56.0 Å². The van der Waals surface area contributed by atoms with E-state index in [1.165, 1.54) is 5.56 Å². The highest BCUT2D eigenvalue weighted by molar-refractivity contribution is 5.46. The van der Waals surface area contributed by atoms with Gasteiger partial charge in [0.1, 0.15) is 0 Å². The van der Waals surface area contributed by atoms with E-state index in [1.54, 1.807) is 7.11 Å². The fourth-order valence-electron chi connectivity index (χ4n) is 4.59. The van der Waals surface area contributed by atoms with Gasteiger partial charge in [-0.15, -0.1) is 5.10 Å². The fourth-order valence-corrected chi connectivity index (χ4v) is 4.59. The zero-order valence-electron chi connectivity index (χ0n) is 18.9. The lowest BCUT2D eigenvalue weighted by molar-refractivity contribution is -0.122. The summed E-state index contributed by atoms with van der Waals surface area (Å²) >= 11 is 0. The average molecular weight is 463 g/mol. The monoisotopic (exact) mass is 462 g/mol. The first-order chi connectivity index (χ1) is 16.7. The third kappa shape index (κ3) is 4.07. The number of fused-ring (bicyclic) bond motifs is 1. The van der Waals surface area contributed by atoms with Crippen molar-refractivity contribution in [3.05, 3.63) is 65.8 Å². The number of methoxy groups -OCH3 is 1. The molecular weight excluding hydrogens is 436 g/mol. The quantitative estimate of drug-likeness (QED) is 0.446. The molecule has 1 aliphatic heterocycles. The van der Waals surface area contributed by atoms with Crippen molar-refractivity contribution in [1.82, 2.24) is 24.7 Å². The third-order valence-electron chi connectivity index (χ3n) is 6.58. The number of imidazole rings is 1. The Morgan fingerprint density at radius 3 is 2.53 bits per heavy atom. The number of benzene rings is 1. The first kappa shape index (κ1) is 21.9. The Bertz CT molecular complexity index is 1260. The molecular formula is C24H26N6O4. The molecule has 176 valence electrons. The number of hydrogen-bond donors (Lipinski definition) is 1. The van der Waals surface area contributed by atoms with Gasteiger partial charge in [0, 0.05) is 30.5 Å². The number of anilines is 1.